The molecule has 9 nitrogen and oxygen atoms in total. The Morgan fingerprint density at radius 2 is 1.59 bits per heavy atom. The van der Waals surface area contributed by atoms with Crippen molar-refractivity contribution in [2.45, 2.75) is 31.5 Å². The van der Waals surface area contributed by atoms with E-state index in [1.165, 1.54) is 38.1 Å². The van der Waals surface area contributed by atoms with E-state index in [9.17, 15) is 19.2 Å². The maximum atomic E-state index is 16.5. The van der Waals surface area contributed by atoms with Gasteiger partial charge in [-0.3, -0.25) is 14.3 Å². The van der Waals surface area contributed by atoms with Crippen molar-refractivity contribution in [3.8, 4) is 0 Å². The Morgan fingerprint density at radius 1 is 1.03 bits per heavy atom. The Labute approximate surface area is 211 Å². The summed E-state index contributed by atoms with van der Waals surface area (Å²) >= 11 is 0. The minimum atomic E-state index is -2.71. The highest BCUT2D eigenvalue weighted by Gasteiger charge is 2.67. The molecule has 192 valence electrons. The van der Waals surface area contributed by atoms with Crippen LogP contribution in [-0.4, -0.2) is 39.6 Å². The molecule has 1 aliphatic rings. The van der Waals surface area contributed by atoms with Gasteiger partial charge in [0.25, 0.3) is 11.4 Å². The van der Waals surface area contributed by atoms with Crippen molar-refractivity contribution in [1.29, 1.82) is 0 Å². The summed E-state index contributed by atoms with van der Waals surface area (Å²) in [4.78, 5) is 52.1. The number of nitrogens with one attached hydrogen (secondary N) is 1. The minimum absolute atomic E-state index is 0.168. The number of carbonyl (C=O) groups is 2. The molecule has 2 heterocycles. The Balaban J connectivity index is 1.76. The summed E-state index contributed by atoms with van der Waals surface area (Å²) in [7, 11) is 0. The highest BCUT2D eigenvalue weighted by atomic mass is 19.2. The first kappa shape index (κ1) is 25.8. The molecule has 4 rings (SSSR count). The molecule has 1 saturated heterocycles. The zero-order valence-corrected chi connectivity index (χ0v) is 20.2. The molecule has 0 saturated carbocycles. The van der Waals surface area contributed by atoms with Crippen LogP contribution in [0.4, 0.5) is 4.39 Å². The van der Waals surface area contributed by atoms with Gasteiger partial charge in [0.15, 0.2) is 18.4 Å². The van der Waals surface area contributed by atoms with Crippen LogP contribution in [0.3, 0.4) is 0 Å². The van der Waals surface area contributed by atoms with Crippen LogP contribution in [0.25, 0.3) is 0 Å². The predicted octanol–water partition coefficient (Wildman–Crippen LogP) is 3.40. The van der Waals surface area contributed by atoms with E-state index in [1.54, 1.807) is 36.4 Å². The number of rotatable bonds is 7. The molecule has 10 heteroatoms. The summed E-state index contributed by atoms with van der Waals surface area (Å²) < 4.78 is 34.3. The molecule has 0 spiro atoms. The molecule has 1 fully saturated rings. The highest BCUT2D eigenvalue weighted by Crippen LogP contribution is 2.54. The molecule has 4 atom stereocenters. The maximum Gasteiger partial charge on any atom is 0.339 e. The number of esters is 2. The summed E-state index contributed by atoms with van der Waals surface area (Å²) in [6, 6.07) is 17.0. The molecule has 2 aromatic carbocycles. The SMILES string of the molecule is C=C(C)[C@]1(OC(=O)c2ccccc2)[C@H](n2ccc(=O)[nH]c2=O)O[C@](F)(COC(=O)c2ccccc2)[C@H]1C. The average Bonchev–Trinajstić information content (AvgIpc) is 3.11. The number of ether oxygens (including phenoxy) is 3. The Bertz CT molecular complexity index is 1440. The quantitative estimate of drug-likeness (QED) is 0.384. The van der Waals surface area contributed by atoms with Gasteiger partial charge in [0.1, 0.15) is 0 Å². The number of H-pyrrole nitrogens is 1. The van der Waals surface area contributed by atoms with E-state index in [-0.39, 0.29) is 16.7 Å². The molecule has 1 N–H and O–H groups in total. The third-order valence-electron chi connectivity index (χ3n) is 6.42. The number of benzene rings is 2. The van der Waals surface area contributed by atoms with Crippen molar-refractivity contribution >= 4 is 11.9 Å². The number of carbonyl (C=O) groups excluding carboxylic acids is 2. The van der Waals surface area contributed by atoms with Crippen molar-refractivity contribution in [1.82, 2.24) is 9.55 Å². The smallest absolute Gasteiger partial charge is 0.339 e. The van der Waals surface area contributed by atoms with E-state index in [4.69, 9.17) is 14.2 Å². The van der Waals surface area contributed by atoms with Gasteiger partial charge < -0.3 is 14.2 Å². The van der Waals surface area contributed by atoms with Gasteiger partial charge in [-0.1, -0.05) is 49.9 Å². The Morgan fingerprint density at radius 3 is 2.14 bits per heavy atom. The molecular formula is C27H25FN2O7. The Kier molecular flexibility index (Phi) is 6.95. The van der Waals surface area contributed by atoms with Crippen LogP contribution in [0, 0.1) is 5.92 Å². The van der Waals surface area contributed by atoms with Crippen LogP contribution in [0.2, 0.25) is 0 Å². The second-order valence-electron chi connectivity index (χ2n) is 8.77. The number of hydrogen-bond acceptors (Lipinski definition) is 7. The fourth-order valence-corrected chi connectivity index (χ4v) is 4.36. The van der Waals surface area contributed by atoms with E-state index in [0.29, 0.717) is 0 Å². The van der Waals surface area contributed by atoms with Gasteiger partial charge in [-0.25, -0.2) is 18.8 Å². The monoisotopic (exact) mass is 508 g/mol. The molecule has 3 aromatic rings. The molecule has 0 unspecified atom stereocenters. The lowest BCUT2D eigenvalue weighted by Crippen LogP contribution is -2.50. The van der Waals surface area contributed by atoms with E-state index < -0.39 is 53.4 Å². The summed E-state index contributed by atoms with van der Waals surface area (Å²) in [6.07, 6.45) is -0.480. The van der Waals surface area contributed by atoms with E-state index in [1.807, 2.05) is 0 Å². The summed E-state index contributed by atoms with van der Waals surface area (Å²) in [5.74, 6) is -5.62. The van der Waals surface area contributed by atoms with Crippen LogP contribution in [-0.2, 0) is 14.2 Å². The van der Waals surface area contributed by atoms with E-state index >= 15 is 4.39 Å². The number of aromatic nitrogens is 2. The maximum absolute atomic E-state index is 16.5. The van der Waals surface area contributed by atoms with Crippen LogP contribution in [0.1, 0.15) is 40.8 Å². The number of halogens is 1. The first-order chi connectivity index (χ1) is 17.6. The first-order valence-electron chi connectivity index (χ1n) is 11.4. The second-order valence-corrected chi connectivity index (χ2v) is 8.77. The normalized spacial score (nSPS) is 24.8. The van der Waals surface area contributed by atoms with E-state index in [0.717, 1.165) is 16.8 Å². The summed E-state index contributed by atoms with van der Waals surface area (Å²) in [5, 5.41) is 0. The van der Waals surface area contributed by atoms with Crippen molar-refractivity contribution in [3.63, 3.8) is 0 Å². The lowest BCUT2D eigenvalue weighted by Gasteiger charge is -2.38. The fraction of sp³-hybridized carbons (Fsp3) is 0.259. The lowest BCUT2D eigenvalue weighted by molar-refractivity contribution is -0.194. The predicted molar refractivity (Wildman–Crippen MR) is 131 cm³/mol. The van der Waals surface area contributed by atoms with E-state index in [2.05, 4.69) is 11.6 Å². The number of nitrogens with zero attached hydrogens (tertiary/aromatic N) is 1. The van der Waals surface area contributed by atoms with Gasteiger partial charge in [0.2, 0.25) is 0 Å². The third-order valence-corrected chi connectivity index (χ3v) is 6.42. The van der Waals surface area contributed by atoms with Gasteiger partial charge in [-0.05, 0) is 36.8 Å². The molecule has 0 aliphatic carbocycles. The largest absolute Gasteiger partial charge is 0.456 e. The van der Waals surface area contributed by atoms with Crippen molar-refractivity contribution < 1.29 is 28.2 Å². The lowest BCUT2D eigenvalue weighted by atomic mass is 9.79. The zero-order chi connectivity index (χ0) is 26.8. The molecule has 0 radical (unpaired) electrons. The van der Waals surface area contributed by atoms with Gasteiger partial charge in [-0.15, -0.1) is 0 Å². The van der Waals surface area contributed by atoms with Gasteiger partial charge in [0.05, 0.1) is 17.0 Å². The van der Waals surface area contributed by atoms with Crippen LogP contribution < -0.4 is 11.2 Å². The summed E-state index contributed by atoms with van der Waals surface area (Å²) in [5.41, 5.74) is -2.99. The molecule has 1 aliphatic heterocycles. The standard InChI is InChI=1S/C27H25FN2O7/c1-17(2)27(36-23(33)20-12-8-5-9-13-20)18(3)26(28,16-35-22(32)19-10-6-4-7-11-19)37-24(27)30-15-14-21(31)29-25(30)34/h4-15,18,24H,1,16H2,2-3H3,(H,29,31,34)/t18-,24-,26-,27-/m1/s1. The number of hydrogen-bond donors (Lipinski definition) is 1. The van der Waals surface area contributed by atoms with Crippen molar-refractivity contribution in [3.05, 3.63) is 117 Å². The third kappa shape index (κ3) is 4.75. The van der Waals surface area contributed by atoms with Gasteiger partial charge in [0, 0.05) is 12.3 Å². The molecular weight excluding hydrogens is 483 g/mol. The molecule has 0 amide bonds. The molecule has 37 heavy (non-hydrogen) atoms. The molecule has 1 aromatic heterocycles. The zero-order valence-electron chi connectivity index (χ0n) is 20.2. The van der Waals surface area contributed by atoms with Crippen LogP contribution in [0.5, 0.6) is 0 Å². The van der Waals surface area contributed by atoms with Gasteiger partial charge >= 0.3 is 17.6 Å². The average molecular weight is 509 g/mol. The minimum Gasteiger partial charge on any atom is -0.456 e. The fourth-order valence-electron chi connectivity index (χ4n) is 4.36. The van der Waals surface area contributed by atoms with Crippen molar-refractivity contribution in [2.75, 3.05) is 6.61 Å². The van der Waals surface area contributed by atoms with Crippen LogP contribution >= 0.6 is 0 Å². The highest BCUT2D eigenvalue weighted by molar-refractivity contribution is 5.90. The summed E-state index contributed by atoms with van der Waals surface area (Å²) in [6.45, 7) is 5.96. The topological polar surface area (TPSA) is 117 Å². The van der Waals surface area contributed by atoms with Crippen LogP contribution in [0.15, 0.2) is 94.7 Å². The number of alkyl halides is 1. The Hall–Kier alpha value is -4.31. The molecule has 0 bridgehead atoms. The second kappa shape index (κ2) is 9.98. The van der Waals surface area contributed by atoms with Gasteiger partial charge in [-0.2, -0.15) is 0 Å². The first-order valence-corrected chi connectivity index (χ1v) is 11.4. The van der Waals surface area contributed by atoms with Crippen molar-refractivity contribution in [2.24, 2.45) is 5.92 Å². The number of aromatic amines is 1.